The maximum absolute atomic E-state index is 12.8. The number of rotatable bonds is 7. The molecule has 5 nitrogen and oxygen atoms in total. The number of imidazole rings is 1. The summed E-state index contributed by atoms with van der Waals surface area (Å²) in [6, 6.07) is 5.87. The molecule has 1 aromatic carbocycles. The zero-order valence-electron chi connectivity index (χ0n) is 14.0. The average molecular weight is 337 g/mol. The minimum absolute atomic E-state index is 0.0274. The van der Waals surface area contributed by atoms with Crippen LogP contribution in [0.15, 0.2) is 30.6 Å². The van der Waals surface area contributed by atoms with E-state index in [0.29, 0.717) is 0 Å². The highest BCUT2D eigenvalue weighted by Crippen LogP contribution is 2.19. The molecule has 0 saturated heterocycles. The van der Waals surface area contributed by atoms with E-state index in [9.17, 15) is 13.6 Å². The Bertz CT molecular complexity index is 701. The van der Waals surface area contributed by atoms with E-state index >= 15 is 0 Å². The molecule has 0 saturated carbocycles. The van der Waals surface area contributed by atoms with Crippen molar-refractivity contribution in [3.8, 4) is 5.75 Å². The third kappa shape index (κ3) is 4.53. The monoisotopic (exact) mass is 337 g/mol. The number of benzene rings is 1. The summed E-state index contributed by atoms with van der Waals surface area (Å²) in [4.78, 5) is 17.3. The van der Waals surface area contributed by atoms with Crippen LogP contribution in [-0.4, -0.2) is 34.0 Å². The van der Waals surface area contributed by atoms with E-state index < -0.39 is 6.55 Å². The number of alkyl halides is 2. The van der Waals surface area contributed by atoms with Gasteiger partial charge in [0.2, 0.25) is 5.91 Å². The molecule has 2 aromatic rings. The minimum Gasteiger partial charge on any atom is -0.493 e. The lowest BCUT2D eigenvalue weighted by molar-refractivity contribution is -0.131. The normalized spacial score (nSPS) is 10.9. The lowest BCUT2D eigenvalue weighted by Gasteiger charge is -2.18. The predicted octanol–water partition coefficient (Wildman–Crippen LogP) is 3.32. The zero-order valence-corrected chi connectivity index (χ0v) is 14.0. The van der Waals surface area contributed by atoms with Gasteiger partial charge in [0.05, 0.1) is 19.6 Å². The van der Waals surface area contributed by atoms with Crippen LogP contribution in [0.3, 0.4) is 0 Å². The van der Waals surface area contributed by atoms with E-state index in [2.05, 4.69) is 4.98 Å². The van der Waals surface area contributed by atoms with Gasteiger partial charge in [-0.1, -0.05) is 12.1 Å². The van der Waals surface area contributed by atoms with Crippen molar-refractivity contribution in [3.63, 3.8) is 0 Å². The second kappa shape index (κ2) is 7.90. The zero-order chi connectivity index (χ0) is 17.7. The number of aryl methyl sites for hydroxylation is 2. The molecule has 7 heteroatoms. The number of hydrogen-bond donors (Lipinski definition) is 0. The van der Waals surface area contributed by atoms with Crippen molar-refractivity contribution >= 4 is 5.91 Å². The van der Waals surface area contributed by atoms with Gasteiger partial charge < -0.3 is 9.64 Å². The van der Waals surface area contributed by atoms with Crippen LogP contribution in [0.2, 0.25) is 0 Å². The van der Waals surface area contributed by atoms with Crippen molar-refractivity contribution in [2.45, 2.75) is 33.4 Å². The first-order chi connectivity index (χ1) is 11.4. The molecular formula is C17H21F2N3O2. The van der Waals surface area contributed by atoms with E-state index in [1.165, 1.54) is 17.3 Å². The fourth-order valence-electron chi connectivity index (χ4n) is 2.25. The van der Waals surface area contributed by atoms with Crippen LogP contribution in [0.5, 0.6) is 5.75 Å². The molecule has 130 valence electrons. The molecule has 0 unspecified atom stereocenters. The molecule has 0 atom stereocenters. The third-order valence-electron chi connectivity index (χ3n) is 3.68. The maximum atomic E-state index is 12.8. The Hall–Kier alpha value is -2.44. The summed E-state index contributed by atoms with van der Waals surface area (Å²) in [7, 11) is 1.56. The highest BCUT2D eigenvalue weighted by molar-refractivity contribution is 5.75. The van der Waals surface area contributed by atoms with Gasteiger partial charge in [0.15, 0.2) is 0 Å². The largest absolute Gasteiger partial charge is 0.493 e. The van der Waals surface area contributed by atoms with Gasteiger partial charge in [0.25, 0.3) is 0 Å². The predicted molar refractivity (Wildman–Crippen MR) is 86.0 cm³/mol. The van der Waals surface area contributed by atoms with Gasteiger partial charge in [-0.3, -0.25) is 9.36 Å². The number of nitrogens with zero attached hydrogens (tertiary/aromatic N) is 3. The van der Waals surface area contributed by atoms with Crippen LogP contribution in [0.1, 0.15) is 29.9 Å². The number of carbonyl (C=O) groups is 1. The van der Waals surface area contributed by atoms with E-state index in [-0.39, 0.29) is 31.3 Å². The van der Waals surface area contributed by atoms with E-state index in [1.54, 1.807) is 7.05 Å². The standard InChI is InChI=1S/C17H21F2N3O2/c1-12-4-5-13(2)14(10-12)24-9-6-16(23)21(3)11-15-20-7-8-22(15)17(18)19/h4-5,7-8,10,17H,6,9,11H2,1-3H3. The van der Waals surface area contributed by atoms with Gasteiger partial charge >= 0.3 is 6.55 Å². The molecular weight excluding hydrogens is 316 g/mol. The van der Waals surface area contributed by atoms with Crippen LogP contribution >= 0.6 is 0 Å². The number of halogens is 2. The lowest BCUT2D eigenvalue weighted by Crippen LogP contribution is -2.29. The summed E-state index contributed by atoms with van der Waals surface area (Å²) >= 11 is 0. The molecule has 0 spiro atoms. The molecule has 2 rings (SSSR count). The quantitative estimate of drug-likeness (QED) is 0.779. The molecule has 0 aliphatic rings. The molecule has 0 fully saturated rings. The molecule has 0 N–H and O–H groups in total. The highest BCUT2D eigenvalue weighted by Gasteiger charge is 2.16. The minimum atomic E-state index is -2.67. The second-order valence-corrected chi connectivity index (χ2v) is 5.65. The van der Waals surface area contributed by atoms with Gasteiger partial charge in [-0.05, 0) is 31.0 Å². The fourth-order valence-corrected chi connectivity index (χ4v) is 2.25. The van der Waals surface area contributed by atoms with Gasteiger partial charge in [0, 0.05) is 19.4 Å². The smallest absolute Gasteiger partial charge is 0.319 e. The Kier molecular flexibility index (Phi) is 5.89. The van der Waals surface area contributed by atoms with Crippen molar-refractivity contribution in [2.75, 3.05) is 13.7 Å². The SMILES string of the molecule is Cc1ccc(C)c(OCCC(=O)N(C)Cc2nccn2C(F)F)c1. The average Bonchev–Trinajstić information content (AvgIpc) is 2.98. The van der Waals surface area contributed by atoms with Gasteiger partial charge in [-0.25, -0.2) is 4.98 Å². The van der Waals surface area contributed by atoms with Crippen molar-refractivity contribution in [1.82, 2.24) is 14.5 Å². The molecule has 1 heterocycles. The molecule has 1 amide bonds. The van der Waals surface area contributed by atoms with Crippen LogP contribution < -0.4 is 4.74 Å². The van der Waals surface area contributed by atoms with Crippen LogP contribution in [0.4, 0.5) is 8.78 Å². The van der Waals surface area contributed by atoms with Gasteiger partial charge in [-0.2, -0.15) is 8.78 Å². The number of carbonyl (C=O) groups excluding carboxylic acids is 1. The number of aromatic nitrogens is 2. The topological polar surface area (TPSA) is 47.4 Å². The van der Waals surface area contributed by atoms with Crippen LogP contribution in [-0.2, 0) is 11.3 Å². The van der Waals surface area contributed by atoms with Crippen molar-refractivity contribution in [2.24, 2.45) is 0 Å². The molecule has 0 radical (unpaired) electrons. The first kappa shape index (κ1) is 17.9. The molecule has 1 aromatic heterocycles. The lowest BCUT2D eigenvalue weighted by atomic mass is 10.1. The first-order valence-corrected chi connectivity index (χ1v) is 7.62. The van der Waals surface area contributed by atoms with Crippen molar-refractivity contribution in [1.29, 1.82) is 0 Å². The Balaban J connectivity index is 1.85. The molecule has 0 aliphatic heterocycles. The summed E-state index contributed by atoms with van der Waals surface area (Å²) < 4.78 is 31.9. The Morgan fingerprint density at radius 1 is 1.38 bits per heavy atom. The number of ether oxygens (including phenoxy) is 1. The maximum Gasteiger partial charge on any atom is 0.319 e. The Labute approximate surface area is 139 Å². The molecule has 0 aliphatic carbocycles. The van der Waals surface area contributed by atoms with E-state index in [0.717, 1.165) is 21.4 Å². The molecule has 24 heavy (non-hydrogen) atoms. The summed E-state index contributed by atoms with van der Waals surface area (Å²) in [5.74, 6) is 0.708. The van der Waals surface area contributed by atoms with Gasteiger partial charge in [-0.15, -0.1) is 0 Å². The number of hydrogen-bond acceptors (Lipinski definition) is 3. The van der Waals surface area contributed by atoms with Crippen LogP contribution in [0.25, 0.3) is 0 Å². The van der Waals surface area contributed by atoms with E-state index in [4.69, 9.17) is 4.74 Å². The Morgan fingerprint density at radius 3 is 2.83 bits per heavy atom. The van der Waals surface area contributed by atoms with Gasteiger partial charge in [0.1, 0.15) is 11.6 Å². The molecule has 0 bridgehead atoms. The Morgan fingerprint density at radius 2 is 2.12 bits per heavy atom. The number of amides is 1. The third-order valence-corrected chi connectivity index (χ3v) is 3.68. The van der Waals surface area contributed by atoms with E-state index in [1.807, 2.05) is 32.0 Å². The van der Waals surface area contributed by atoms with Crippen molar-refractivity contribution in [3.05, 3.63) is 47.5 Å². The second-order valence-electron chi connectivity index (χ2n) is 5.65. The summed E-state index contributed by atoms with van der Waals surface area (Å²) in [5.41, 5.74) is 2.08. The highest BCUT2D eigenvalue weighted by atomic mass is 19.3. The first-order valence-electron chi connectivity index (χ1n) is 7.62. The van der Waals surface area contributed by atoms with Crippen molar-refractivity contribution < 1.29 is 18.3 Å². The summed E-state index contributed by atoms with van der Waals surface area (Å²) in [6.07, 6.45) is 2.66. The summed E-state index contributed by atoms with van der Waals surface area (Å²) in [6.45, 7) is 1.50. The van der Waals surface area contributed by atoms with Crippen LogP contribution in [0, 0.1) is 13.8 Å². The fraction of sp³-hybridized carbons (Fsp3) is 0.412. The summed E-state index contributed by atoms with van der Waals surface area (Å²) in [5, 5.41) is 0.